The van der Waals surface area contributed by atoms with Gasteiger partial charge in [-0.1, -0.05) is 51.4 Å². The highest BCUT2D eigenvalue weighted by molar-refractivity contribution is 6.88. The monoisotopic (exact) mass is 474 g/mol. The molecule has 0 fully saturated rings. The van der Waals surface area contributed by atoms with Crippen molar-refractivity contribution < 1.29 is 0 Å². The van der Waals surface area contributed by atoms with E-state index in [1.54, 1.807) is 0 Å². The molecular weight excluding hydrogens is 440 g/mol. The number of hydrogen-bond donors (Lipinski definition) is 0. The summed E-state index contributed by atoms with van der Waals surface area (Å²) in [7, 11) is -2.95. The average molecular weight is 475 g/mol. The van der Waals surface area contributed by atoms with Crippen molar-refractivity contribution in [3.63, 3.8) is 0 Å². The molecule has 0 aliphatic carbocycles. The van der Waals surface area contributed by atoms with Gasteiger partial charge in [-0.15, -0.1) is 0 Å². The highest BCUT2D eigenvalue weighted by Crippen LogP contribution is 2.29. The van der Waals surface area contributed by atoms with Crippen molar-refractivity contribution in [2.45, 2.75) is 58.5 Å². The van der Waals surface area contributed by atoms with Crippen LogP contribution in [0, 0.1) is 0 Å². The zero-order valence-electron chi connectivity index (χ0n) is 21.0. The third-order valence-corrected chi connectivity index (χ3v) is 9.54. The van der Waals surface area contributed by atoms with Crippen LogP contribution in [0.3, 0.4) is 0 Å². The van der Waals surface area contributed by atoms with Gasteiger partial charge in [0.25, 0.3) is 0 Å². The highest BCUT2D eigenvalue weighted by Gasteiger charge is 2.28. The molecule has 0 aliphatic heterocycles. The molecule has 0 unspecified atom stereocenters. The van der Waals surface area contributed by atoms with Crippen LogP contribution < -0.4 is 10.6 Å². The molecule has 6 nitrogen and oxygen atoms in total. The third-order valence-electron chi connectivity index (χ3n) is 5.93. The minimum Gasteiger partial charge on any atom is -0.233 e. The van der Waals surface area contributed by atoms with Crippen LogP contribution >= 0.6 is 0 Å². The second-order valence-electron chi connectivity index (χ2n) is 11.2. The van der Waals surface area contributed by atoms with Crippen LogP contribution in [0.1, 0.15) is 25.2 Å². The van der Waals surface area contributed by atoms with Gasteiger partial charge in [-0.2, -0.15) is 10.2 Å². The van der Waals surface area contributed by atoms with E-state index in [0.29, 0.717) is 0 Å². The standard InChI is InChI=1S/C25H34N6Si2/c1-25(2,19-11-9-13-21(26-19)30-17-15-23(28-30)32(3,4)5)20-12-10-14-22(27-20)31-18-16-24(29-31)33(6,7)8/h9-18H,1-8H3. The number of rotatable bonds is 6. The fourth-order valence-corrected chi connectivity index (χ4v) is 5.60. The summed E-state index contributed by atoms with van der Waals surface area (Å²) in [6, 6.07) is 16.5. The predicted molar refractivity (Wildman–Crippen MR) is 141 cm³/mol. The Morgan fingerprint density at radius 1 is 0.606 bits per heavy atom. The molecule has 4 heterocycles. The van der Waals surface area contributed by atoms with E-state index < -0.39 is 16.1 Å². The minimum atomic E-state index is -1.47. The fraction of sp³-hybridized carbons (Fsp3) is 0.360. The Hall–Kier alpha value is -2.85. The van der Waals surface area contributed by atoms with E-state index in [9.17, 15) is 0 Å². The summed E-state index contributed by atoms with van der Waals surface area (Å²) in [5, 5.41) is 12.0. The first-order valence-corrected chi connectivity index (χ1v) is 18.4. The van der Waals surface area contributed by atoms with E-state index in [0.717, 1.165) is 23.0 Å². The summed E-state index contributed by atoms with van der Waals surface area (Å²) in [6.45, 7) is 18.1. The molecule has 33 heavy (non-hydrogen) atoms. The van der Waals surface area contributed by atoms with E-state index >= 15 is 0 Å². The van der Waals surface area contributed by atoms with Crippen molar-refractivity contribution in [3.8, 4) is 11.6 Å². The zero-order chi connectivity index (χ0) is 24.0. The van der Waals surface area contributed by atoms with E-state index in [1.807, 2.05) is 46.0 Å². The molecule has 172 valence electrons. The SMILES string of the molecule is CC(C)(c1cccc(-n2ccc([Si](C)(C)C)n2)n1)c1cccc(-n2ccc([Si](C)(C)C)n2)n1. The summed E-state index contributed by atoms with van der Waals surface area (Å²) in [5.74, 6) is 1.65. The molecule has 0 aromatic carbocycles. The molecular formula is C25H34N6Si2. The van der Waals surface area contributed by atoms with Gasteiger partial charge in [0.2, 0.25) is 0 Å². The van der Waals surface area contributed by atoms with Crippen LogP contribution in [-0.2, 0) is 5.41 Å². The third kappa shape index (κ3) is 4.77. The maximum Gasteiger partial charge on any atom is 0.153 e. The minimum absolute atomic E-state index is 0.379. The molecule has 0 amide bonds. The lowest BCUT2D eigenvalue weighted by Crippen LogP contribution is -2.39. The van der Waals surface area contributed by atoms with Crippen LogP contribution in [0.4, 0.5) is 0 Å². The smallest absolute Gasteiger partial charge is 0.153 e. The van der Waals surface area contributed by atoms with E-state index in [-0.39, 0.29) is 5.41 Å². The fourth-order valence-electron chi connectivity index (χ4n) is 3.63. The lowest BCUT2D eigenvalue weighted by molar-refractivity contribution is 0.588. The normalized spacial score (nSPS) is 12.8. The van der Waals surface area contributed by atoms with Gasteiger partial charge >= 0.3 is 0 Å². The van der Waals surface area contributed by atoms with Gasteiger partial charge in [-0.05, 0) is 50.2 Å². The van der Waals surface area contributed by atoms with Crippen molar-refractivity contribution >= 4 is 26.8 Å². The van der Waals surface area contributed by atoms with Crippen LogP contribution in [-0.4, -0.2) is 45.7 Å². The van der Waals surface area contributed by atoms with Gasteiger partial charge in [-0.3, -0.25) is 0 Å². The van der Waals surface area contributed by atoms with Crippen molar-refractivity contribution in [2.24, 2.45) is 0 Å². The molecule has 0 N–H and O–H groups in total. The largest absolute Gasteiger partial charge is 0.233 e. The molecule has 4 aromatic rings. The molecule has 8 heteroatoms. The zero-order valence-corrected chi connectivity index (χ0v) is 23.0. The first kappa shape index (κ1) is 23.3. The summed E-state index contributed by atoms with van der Waals surface area (Å²) in [4.78, 5) is 9.97. The molecule has 0 saturated carbocycles. The van der Waals surface area contributed by atoms with Crippen molar-refractivity contribution in [3.05, 3.63) is 72.3 Å². The molecule has 0 bridgehead atoms. The number of aromatic nitrogens is 6. The number of pyridine rings is 2. The quantitative estimate of drug-likeness (QED) is 0.392. The number of hydrogen-bond acceptors (Lipinski definition) is 4. The molecule has 0 aliphatic rings. The first-order valence-electron chi connectivity index (χ1n) is 11.4. The van der Waals surface area contributed by atoms with Gasteiger partial charge in [0, 0.05) is 28.4 Å². The Balaban J connectivity index is 1.68. The van der Waals surface area contributed by atoms with Gasteiger partial charge < -0.3 is 0 Å². The van der Waals surface area contributed by atoms with Crippen LogP contribution in [0.2, 0.25) is 39.3 Å². The van der Waals surface area contributed by atoms with Crippen LogP contribution in [0.15, 0.2) is 60.9 Å². The van der Waals surface area contributed by atoms with Gasteiger partial charge in [-0.25, -0.2) is 19.3 Å². The Morgan fingerprint density at radius 2 is 1.00 bits per heavy atom. The van der Waals surface area contributed by atoms with Crippen molar-refractivity contribution in [1.29, 1.82) is 0 Å². The van der Waals surface area contributed by atoms with Crippen LogP contribution in [0.5, 0.6) is 0 Å². The Morgan fingerprint density at radius 3 is 1.33 bits per heavy atom. The summed E-state index contributed by atoms with van der Waals surface area (Å²) < 4.78 is 3.78. The Labute approximate surface area is 198 Å². The van der Waals surface area contributed by atoms with Crippen molar-refractivity contribution in [2.75, 3.05) is 0 Å². The number of nitrogens with zero attached hydrogens (tertiary/aromatic N) is 6. The molecule has 0 radical (unpaired) electrons. The maximum atomic E-state index is 4.98. The summed E-state index contributed by atoms with van der Waals surface area (Å²) in [5.41, 5.74) is 1.53. The topological polar surface area (TPSA) is 61.4 Å². The molecule has 4 aromatic heterocycles. The molecule has 0 spiro atoms. The second-order valence-corrected chi connectivity index (χ2v) is 21.2. The average Bonchev–Trinajstić information content (AvgIpc) is 3.44. The van der Waals surface area contributed by atoms with Gasteiger partial charge in [0.15, 0.2) is 11.6 Å². The van der Waals surface area contributed by atoms with Gasteiger partial charge in [0.05, 0.1) is 11.4 Å². The van der Waals surface area contributed by atoms with Gasteiger partial charge in [0.1, 0.15) is 16.1 Å². The van der Waals surface area contributed by atoms with E-state index in [1.165, 1.54) is 10.6 Å². The lowest BCUT2D eigenvalue weighted by atomic mass is 9.84. The summed E-state index contributed by atoms with van der Waals surface area (Å²) in [6.07, 6.45) is 4.03. The van der Waals surface area contributed by atoms with Crippen LogP contribution in [0.25, 0.3) is 11.6 Å². The predicted octanol–water partition coefficient (Wildman–Crippen LogP) is 4.26. The molecule has 4 rings (SSSR count). The Bertz CT molecular complexity index is 1180. The lowest BCUT2D eigenvalue weighted by Gasteiger charge is -2.24. The molecule has 0 saturated heterocycles. The van der Waals surface area contributed by atoms with E-state index in [2.05, 4.69) is 77.4 Å². The molecule has 0 atom stereocenters. The van der Waals surface area contributed by atoms with Crippen molar-refractivity contribution in [1.82, 2.24) is 29.5 Å². The highest BCUT2D eigenvalue weighted by atomic mass is 28.3. The maximum absolute atomic E-state index is 4.98. The Kier molecular flexibility index (Phi) is 5.78. The van der Waals surface area contributed by atoms with E-state index in [4.69, 9.17) is 20.2 Å². The summed E-state index contributed by atoms with van der Waals surface area (Å²) >= 11 is 0. The first-order chi connectivity index (χ1) is 15.4. The second kappa shape index (κ2) is 8.18.